The van der Waals surface area contributed by atoms with Crippen molar-refractivity contribution in [2.24, 2.45) is 0 Å². The van der Waals surface area contributed by atoms with Crippen LogP contribution >= 0.6 is 0 Å². The van der Waals surface area contributed by atoms with Gasteiger partial charge in [-0.05, 0) is 11.5 Å². The van der Waals surface area contributed by atoms with E-state index in [0.29, 0.717) is 5.92 Å². The third-order valence-electron chi connectivity index (χ3n) is 2.90. The lowest BCUT2D eigenvalue weighted by Crippen LogP contribution is -2.26. The first-order chi connectivity index (χ1) is 7.75. The van der Waals surface area contributed by atoms with Crippen LogP contribution in [0.2, 0.25) is 0 Å². The Morgan fingerprint density at radius 1 is 0.750 bits per heavy atom. The predicted molar refractivity (Wildman–Crippen MR) is 74.8 cm³/mol. The van der Waals surface area contributed by atoms with Gasteiger partial charge in [-0.15, -0.1) is 0 Å². The van der Waals surface area contributed by atoms with E-state index in [-0.39, 0.29) is 9.52 Å². The van der Waals surface area contributed by atoms with Gasteiger partial charge in [-0.1, -0.05) is 78.8 Å². The molecule has 2 aromatic carbocycles. The first-order valence-electron chi connectivity index (χ1n) is 5.88. The van der Waals surface area contributed by atoms with E-state index in [1.165, 1.54) is 15.9 Å². The minimum absolute atomic E-state index is 0.275. The lowest BCUT2D eigenvalue weighted by molar-refractivity contribution is 0.867. The molecule has 0 atom stereocenters. The summed E-state index contributed by atoms with van der Waals surface area (Å²) in [4.78, 5) is 0. The maximum atomic E-state index is 2.30. The largest absolute Gasteiger partial charge is 0.0875 e. The zero-order valence-corrected chi connectivity index (χ0v) is 11.4. The fourth-order valence-electron chi connectivity index (χ4n) is 1.85. The van der Waals surface area contributed by atoms with Crippen LogP contribution in [0.25, 0.3) is 0 Å². The van der Waals surface area contributed by atoms with Gasteiger partial charge in [-0.2, -0.15) is 0 Å². The van der Waals surface area contributed by atoms with Gasteiger partial charge in [-0.3, -0.25) is 0 Å². The number of hydrogen-bond donors (Lipinski definition) is 0. The molecule has 0 amide bonds. The molecule has 0 N–H and O–H groups in total. The van der Waals surface area contributed by atoms with Crippen LogP contribution in [0.4, 0.5) is 0 Å². The summed E-state index contributed by atoms with van der Waals surface area (Å²) >= 11 is 0. The van der Waals surface area contributed by atoms with Crippen molar-refractivity contribution < 1.29 is 0 Å². The van der Waals surface area contributed by atoms with Crippen LogP contribution in [0.15, 0.2) is 54.6 Å². The SMILES string of the molecule is CC(C)c1ccc([SiH2]c2ccccc2)cc1. The van der Waals surface area contributed by atoms with E-state index in [0.717, 1.165) is 0 Å². The van der Waals surface area contributed by atoms with Crippen LogP contribution in [0.3, 0.4) is 0 Å². The zero-order chi connectivity index (χ0) is 11.4. The van der Waals surface area contributed by atoms with E-state index in [4.69, 9.17) is 0 Å². The normalized spacial score (nSPS) is 11.4. The quantitative estimate of drug-likeness (QED) is 0.702. The standard InChI is InChI=1S/C15H18Si/c1-12(2)13-8-10-15(11-9-13)16-14-6-4-3-5-7-14/h3-12H,16H2,1-2H3. The van der Waals surface area contributed by atoms with Crippen LogP contribution < -0.4 is 10.4 Å². The Morgan fingerprint density at radius 2 is 1.31 bits per heavy atom. The lowest BCUT2D eigenvalue weighted by Gasteiger charge is -2.06. The maximum Gasteiger partial charge on any atom is 0.0875 e. The van der Waals surface area contributed by atoms with Gasteiger partial charge in [0.05, 0.1) is 9.52 Å². The van der Waals surface area contributed by atoms with E-state index in [1.54, 1.807) is 0 Å². The summed E-state index contributed by atoms with van der Waals surface area (Å²) in [5.74, 6) is 0.632. The van der Waals surface area contributed by atoms with Crippen molar-refractivity contribution in [2.75, 3.05) is 0 Å². The monoisotopic (exact) mass is 226 g/mol. The van der Waals surface area contributed by atoms with Crippen LogP contribution in [0.1, 0.15) is 25.3 Å². The molecule has 0 nitrogen and oxygen atoms in total. The van der Waals surface area contributed by atoms with E-state index in [9.17, 15) is 0 Å². The van der Waals surface area contributed by atoms with Gasteiger partial charge in [-0.25, -0.2) is 0 Å². The van der Waals surface area contributed by atoms with Crippen molar-refractivity contribution in [1.82, 2.24) is 0 Å². The van der Waals surface area contributed by atoms with E-state index >= 15 is 0 Å². The Morgan fingerprint density at radius 3 is 1.88 bits per heavy atom. The average molecular weight is 226 g/mol. The van der Waals surface area contributed by atoms with Crippen molar-refractivity contribution in [2.45, 2.75) is 19.8 Å². The van der Waals surface area contributed by atoms with Gasteiger partial charge < -0.3 is 0 Å². The zero-order valence-electron chi connectivity index (χ0n) is 9.98. The Labute approximate surface area is 100 Å². The molecule has 0 spiro atoms. The summed E-state index contributed by atoms with van der Waals surface area (Å²) in [6.07, 6.45) is 0. The molecule has 0 radical (unpaired) electrons. The number of rotatable bonds is 3. The molecule has 0 aliphatic carbocycles. The van der Waals surface area contributed by atoms with Crippen LogP contribution in [0, 0.1) is 0 Å². The predicted octanol–water partition coefficient (Wildman–Crippen LogP) is 1.93. The Balaban J connectivity index is 2.11. The molecule has 0 bridgehead atoms. The smallest absolute Gasteiger partial charge is 0.0633 e. The molecule has 16 heavy (non-hydrogen) atoms. The van der Waals surface area contributed by atoms with E-state index in [1.807, 2.05) is 0 Å². The molecule has 0 fully saturated rings. The molecule has 0 saturated carbocycles. The number of hydrogen-bond acceptors (Lipinski definition) is 0. The first-order valence-corrected chi connectivity index (χ1v) is 7.30. The highest BCUT2D eigenvalue weighted by atomic mass is 28.2. The third-order valence-corrected chi connectivity index (χ3v) is 4.66. The van der Waals surface area contributed by atoms with Gasteiger partial charge in [0.1, 0.15) is 0 Å². The molecule has 0 unspecified atom stereocenters. The second kappa shape index (κ2) is 5.13. The van der Waals surface area contributed by atoms with Crippen LogP contribution in [0.5, 0.6) is 0 Å². The molecule has 82 valence electrons. The minimum Gasteiger partial charge on any atom is -0.0633 e. The molecule has 0 aromatic heterocycles. The van der Waals surface area contributed by atoms with Crippen molar-refractivity contribution in [3.05, 3.63) is 60.2 Å². The fourth-order valence-corrected chi connectivity index (χ4v) is 3.30. The number of benzene rings is 2. The highest BCUT2D eigenvalue weighted by Crippen LogP contribution is 2.11. The summed E-state index contributed by atoms with van der Waals surface area (Å²) in [6, 6.07) is 20.0. The maximum absolute atomic E-state index is 2.30. The minimum atomic E-state index is -0.275. The van der Waals surface area contributed by atoms with Gasteiger partial charge in [0.15, 0.2) is 0 Å². The highest BCUT2D eigenvalue weighted by Gasteiger charge is 2.00. The summed E-state index contributed by atoms with van der Waals surface area (Å²) in [5.41, 5.74) is 1.44. The van der Waals surface area contributed by atoms with Crippen molar-refractivity contribution >= 4 is 19.9 Å². The van der Waals surface area contributed by atoms with Crippen molar-refractivity contribution in [3.8, 4) is 0 Å². The Bertz CT molecular complexity index is 429. The van der Waals surface area contributed by atoms with Crippen LogP contribution in [-0.4, -0.2) is 9.52 Å². The summed E-state index contributed by atoms with van der Waals surface area (Å²) < 4.78 is 0. The molecule has 0 aliphatic rings. The summed E-state index contributed by atoms with van der Waals surface area (Å²) in [6.45, 7) is 4.48. The topological polar surface area (TPSA) is 0 Å². The van der Waals surface area contributed by atoms with Gasteiger partial charge >= 0.3 is 0 Å². The first kappa shape index (κ1) is 11.2. The fraction of sp³-hybridized carbons (Fsp3) is 0.200. The second-order valence-electron chi connectivity index (χ2n) is 4.56. The Kier molecular flexibility index (Phi) is 3.57. The van der Waals surface area contributed by atoms with E-state index < -0.39 is 0 Å². The third kappa shape index (κ3) is 2.83. The van der Waals surface area contributed by atoms with Gasteiger partial charge in [0, 0.05) is 0 Å². The molecule has 1 heteroatoms. The van der Waals surface area contributed by atoms with Crippen molar-refractivity contribution in [1.29, 1.82) is 0 Å². The molecule has 2 aromatic rings. The highest BCUT2D eigenvalue weighted by molar-refractivity contribution is 6.67. The average Bonchev–Trinajstić information content (AvgIpc) is 2.31. The Hall–Kier alpha value is -1.34. The summed E-state index contributed by atoms with van der Waals surface area (Å²) in [5, 5.41) is 3.04. The molecule has 0 aliphatic heterocycles. The van der Waals surface area contributed by atoms with Gasteiger partial charge in [0.2, 0.25) is 0 Å². The van der Waals surface area contributed by atoms with Gasteiger partial charge in [0.25, 0.3) is 0 Å². The summed E-state index contributed by atoms with van der Waals surface area (Å²) in [7, 11) is -0.275. The second-order valence-corrected chi connectivity index (χ2v) is 6.55. The molecular formula is C15H18Si. The van der Waals surface area contributed by atoms with Crippen LogP contribution in [-0.2, 0) is 0 Å². The molecule has 0 saturated heterocycles. The van der Waals surface area contributed by atoms with E-state index in [2.05, 4.69) is 68.4 Å². The lowest BCUT2D eigenvalue weighted by atomic mass is 10.0. The molecular weight excluding hydrogens is 208 g/mol. The molecule has 0 heterocycles. The van der Waals surface area contributed by atoms with Crippen molar-refractivity contribution in [3.63, 3.8) is 0 Å². The molecule has 2 rings (SSSR count).